The number of carbonyl (C=O) groups excluding carboxylic acids is 1. The van der Waals surface area contributed by atoms with Gasteiger partial charge in [-0.05, 0) is 28.1 Å². The summed E-state index contributed by atoms with van der Waals surface area (Å²) in [6.07, 6.45) is 0. The topological polar surface area (TPSA) is 86.9 Å². The lowest BCUT2D eigenvalue weighted by atomic mass is 10.2. The summed E-state index contributed by atoms with van der Waals surface area (Å²) in [5, 5.41) is 7.45. The van der Waals surface area contributed by atoms with E-state index < -0.39 is 0 Å². The van der Waals surface area contributed by atoms with Crippen LogP contribution in [0.15, 0.2) is 21.2 Å². The molecule has 0 saturated heterocycles. The number of furan rings is 1. The minimum absolute atomic E-state index is 0.228. The van der Waals surface area contributed by atoms with Crippen LogP contribution in [0.25, 0.3) is 0 Å². The first-order valence-electron chi connectivity index (χ1n) is 4.52. The second-order valence-corrected chi connectivity index (χ2v) is 3.90. The molecule has 0 atom stereocenters. The maximum absolute atomic E-state index is 12.0. The molecule has 2 rings (SSSR count). The molecule has 0 bridgehead atoms. The third-order valence-electron chi connectivity index (χ3n) is 2.09. The van der Waals surface area contributed by atoms with Crippen LogP contribution in [0.2, 0.25) is 0 Å². The molecular weight excluding hydrogens is 276 g/mol. The average molecular weight is 285 g/mol. The fraction of sp³-hybridized carbons (Fsp3) is 0.222. The predicted molar refractivity (Wildman–Crippen MR) is 58.7 cm³/mol. The first-order chi connectivity index (χ1) is 7.63. The Balaban J connectivity index is 2.39. The number of hydrogen-bond acceptors (Lipinski definition) is 5. The second kappa shape index (κ2) is 4.18. The highest BCUT2D eigenvalue weighted by molar-refractivity contribution is 9.10. The molecule has 0 fully saturated rings. The van der Waals surface area contributed by atoms with Crippen molar-refractivity contribution in [3.63, 3.8) is 0 Å². The standard InChI is InChI=1S/C9H9BrN4O2/c1-14-7(9(10)12-13-14)8(15)6-3-2-5(4-11)16-6/h2-3H,4,11H2,1H3. The molecule has 6 nitrogen and oxygen atoms in total. The molecule has 0 aliphatic rings. The zero-order valence-electron chi connectivity index (χ0n) is 8.48. The molecule has 0 radical (unpaired) electrons. The largest absolute Gasteiger partial charge is 0.456 e. The number of nitrogens with two attached hydrogens (primary N) is 1. The van der Waals surface area contributed by atoms with E-state index in [0.717, 1.165) is 0 Å². The quantitative estimate of drug-likeness (QED) is 0.845. The Bertz CT molecular complexity index is 512. The van der Waals surface area contributed by atoms with Crippen molar-refractivity contribution in [1.29, 1.82) is 0 Å². The van der Waals surface area contributed by atoms with E-state index in [-0.39, 0.29) is 18.1 Å². The lowest BCUT2D eigenvalue weighted by Gasteiger charge is -1.97. The van der Waals surface area contributed by atoms with Gasteiger partial charge in [0.05, 0.1) is 6.54 Å². The van der Waals surface area contributed by atoms with Crippen molar-refractivity contribution >= 4 is 21.7 Å². The van der Waals surface area contributed by atoms with Gasteiger partial charge in [-0.25, -0.2) is 4.68 Å². The zero-order chi connectivity index (χ0) is 11.7. The summed E-state index contributed by atoms with van der Waals surface area (Å²) in [5.74, 6) is 0.514. The Hall–Kier alpha value is -1.47. The van der Waals surface area contributed by atoms with Crippen LogP contribution in [0.1, 0.15) is 22.0 Å². The van der Waals surface area contributed by atoms with Gasteiger partial charge in [-0.1, -0.05) is 5.21 Å². The Morgan fingerprint density at radius 3 is 2.88 bits per heavy atom. The maximum Gasteiger partial charge on any atom is 0.248 e. The molecule has 16 heavy (non-hydrogen) atoms. The molecule has 0 aromatic carbocycles. The van der Waals surface area contributed by atoms with Crippen LogP contribution in [0.4, 0.5) is 0 Å². The number of aromatic nitrogens is 3. The van der Waals surface area contributed by atoms with Crippen LogP contribution in [0.3, 0.4) is 0 Å². The van der Waals surface area contributed by atoms with Crippen molar-refractivity contribution < 1.29 is 9.21 Å². The third kappa shape index (κ3) is 1.79. The number of hydrogen-bond donors (Lipinski definition) is 1. The minimum atomic E-state index is -0.279. The summed E-state index contributed by atoms with van der Waals surface area (Å²) in [7, 11) is 1.64. The van der Waals surface area contributed by atoms with Gasteiger partial charge in [0, 0.05) is 7.05 Å². The van der Waals surface area contributed by atoms with Crippen molar-refractivity contribution in [3.05, 3.63) is 34.0 Å². The number of carbonyl (C=O) groups is 1. The summed E-state index contributed by atoms with van der Waals surface area (Å²) < 4.78 is 7.04. The number of aryl methyl sites for hydroxylation is 1. The van der Waals surface area contributed by atoms with Gasteiger partial charge < -0.3 is 10.2 Å². The Labute approximate surface area is 99.5 Å². The van der Waals surface area contributed by atoms with Crippen LogP contribution in [-0.4, -0.2) is 20.8 Å². The van der Waals surface area contributed by atoms with E-state index in [2.05, 4.69) is 26.2 Å². The van der Waals surface area contributed by atoms with Crippen LogP contribution >= 0.6 is 15.9 Å². The normalized spacial score (nSPS) is 10.7. The van der Waals surface area contributed by atoms with Crippen molar-refractivity contribution in [2.75, 3.05) is 0 Å². The van der Waals surface area contributed by atoms with Crippen LogP contribution in [0, 0.1) is 0 Å². The second-order valence-electron chi connectivity index (χ2n) is 3.15. The Morgan fingerprint density at radius 2 is 2.38 bits per heavy atom. The van der Waals surface area contributed by atoms with Crippen molar-refractivity contribution in [2.45, 2.75) is 6.54 Å². The summed E-state index contributed by atoms with van der Waals surface area (Å²) in [6, 6.07) is 3.26. The first kappa shape index (κ1) is 11.0. The van der Waals surface area contributed by atoms with Gasteiger partial charge in [0.1, 0.15) is 11.5 Å². The average Bonchev–Trinajstić information content (AvgIpc) is 2.85. The molecule has 0 aliphatic carbocycles. The molecule has 0 unspecified atom stereocenters. The highest BCUT2D eigenvalue weighted by Crippen LogP contribution is 2.18. The van der Waals surface area contributed by atoms with Crippen molar-refractivity contribution in [3.8, 4) is 0 Å². The van der Waals surface area contributed by atoms with Gasteiger partial charge in [-0.3, -0.25) is 4.79 Å². The molecular formula is C9H9BrN4O2. The van der Waals surface area contributed by atoms with E-state index in [0.29, 0.717) is 16.1 Å². The Morgan fingerprint density at radius 1 is 1.62 bits per heavy atom. The van der Waals surface area contributed by atoms with Crippen molar-refractivity contribution in [1.82, 2.24) is 15.0 Å². The molecule has 0 aliphatic heterocycles. The summed E-state index contributed by atoms with van der Waals surface area (Å²) in [5.41, 5.74) is 5.74. The van der Waals surface area contributed by atoms with E-state index >= 15 is 0 Å². The SMILES string of the molecule is Cn1nnc(Br)c1C(=O)c1ccc(CN)o1. The van der Waals surface area contributed by atoms with Crippen LogP contribution in [0.5, 0.6) is 0 Å². The number of ketones is 1. The number of nitrogens with zero attached hydrogens (tertiary/aromatic N) is 3. The molecule has 2 N–H and O–H groups in total. The van der Waals surface area contributed by atoms with Crippen molar-refractivity contribution in [2.24, 2.45) is 12.8 Å². The van der Waals surface area contributed by atoms with Gasteiger partial charge in [-0.15, -0.1) is 5.10 Å². The van der Waals surface area contributed by atoms with Gasteiger partial charge >= 0.3 is 0 Å². The monoisotopic (exact) mass is 284 g/mol. The maximum atomic E-state index is 12.0. The van der Waals surface area contributed by atoms with E-state index in [4.69, 9.17) is 10.2 Å². The van der Waals surface area contributed by atoms with Gasteiger partial charge in [-0.2, -0.15) is 0 Å². The predicted octanol–water partition coefficient (Wildman–Crippen LogP) is 0.860. The van der Waals surface area contributed by atoms with Crippen LogP contribution < -0.4 is 5.73 Å². The smallest absolute Gasteiger partial charge is 0.248 e. The highest BCUT2D eigenvalue weighted by Gasteiger charge is 2.21. The van der Waals surface area contributed by atoms with Crippen LogP contribution in [-0.2, 0) is 13.6 Å². The summed E-state index contributed by atoms with van der Waals surface area (Å²) in [6.45, 7) is 0.262. The van der Waals surface area contributed by atoms with Gasteiger partial charge in [0.25, 0.3) is 0 Å². The highest BCUT2D eigenvalue weighted by atomic mass is 79.9. The molecule has 84 valence electrons. The third-order valence-corrected chi connectivity index (χ3v) is 2.62. The van der Waals surface area contributed by atoms with E-state index in [1.54, 1.807) is 19.2 Å². The fourth-order valence-corrected chi connectivity index (χ4v) is 1.81. The Kier molecular flexibility index (Phi) is 2.88. The van der Waals surface area contributed by atoms with Gasteiger partial charge in [0.2, 0.25) is 5.78 Å². The molecule has 2 aromatic heterocycles. The van der Waals surface area contributed by atoms with Gasteiger partial charge in [0.15, 0.2) is 10.4 Å². The molecule has 2 aromatic rings. The molecule has 0 spiro atoms. The lowest BCUT2D eigenvalue weighted by Crippen LogP contribution is -2.08. The molecule has 2 heterocycles. The minimum Gasteiger partial charge on any atom is -0.456 e. The van der Waals surface area contributed by atoms with E-state index in [1.165, 1.54) is 4.68 Å². The number of rotatable bonds is 3. The molecule has 7 heteroatoms. The zero-order valence-corrected chi connectivity index (χ0v) is 10.1. The lowest BCUT2D eigenvalue weighted by molar-refractivity contribution is 0.0998. The first-order valence-corrected chi connectivity index (χ1v) is 5.31. The van der Waals surface area contributed by atoms with E-state index in [9.17, 15) is 4.79 Å². The molecule has 0 saturated carbocycles. The number of halogens is 1. The van der Waals surface area contributed by atoms with E-state index in [1.807, 2.05) is 0 Å². The molecule has 0 amide bonds. The fourth-order valence-electron chi connectivity index (χ4n) is 1.30. The summed E-state index contributed by atoms with van der Waals surface area (Å²) in [4.78, 5) is 12.0. The summed E-state index contributed by atoms with van der Waals surface area (Å²) >= 11 is 3.16.